The fraction of sp³-hybridized carbons (Fsp3) is 0.923. The molecule has 0 aliphatic carbocycles. The van der Waals surface area contributed by atoms with Crippen LogP contribution in [0.2, 0.25) is 0 Å². The van der Waals surface area contributed by atoms with Crippen molar-refractivity contribution in [1.82, 2.24) is 4.90 Å². The largest absolute Gasteiger partial charge is 0.469 e. The Morgan fingerprint density at radius 1 is 1.37 bits per heavy atom. The van der Waals surface area contributed by atoms with Gasteiger partial charge in [0.15, 0.2) is 6.29 Å². The molecule has 0 bridgehead atoms. The molecule has 1 saturated heterocycles. The molecular weight excluding hydrogens is 250 g/mol. The maximum Gasteiger partial charge on any atom is 0.306 e. The van der Waals surface area contributed by atoms with Crippen molar-refractivity contribution in [2.24, 2.45) is 0 Å². The summed E-state index contributed by atoms with van der Waals surface area (Å²) in [6.07, 6.45) is 2.49. The molecule has 1 unspecified atom stereocenters. The van der Waals surface area contributed by atoms with Crippen LogP contribution in [0.1, 0.15) is 19.3 Å². The second kappa shape index (κ2) is 9.25. The van der Waals surface area contributed by atoms with Crippen LogP contribution in [0.5, 0.6) is 0 Å². The zero-order valence-electron chi connectivity index (χ0n) is 12.1. The van der Waals surface area contributed by atoms with Crippen LogP contribution >= 0.6 is 0 Å². The van der Waals surface area contributed by atoms with Crippen molar-refractivity contribution in [1.29, 1.82) is 0 Å². The Balaban J connectivity index is 2.42. The molecule has 0 radical (unpaired) electrons. The van der Waals surface area contributed by atoms with Crippen LogP contribution in [-0.2, 0) is 23.7 Å². The van der Waals surface area contributed by atoms with Gasteiger partial charge in [-0.3, -0.25) is 9.69 Å². The summed E-state index contributed by atoms with van der Waals surface area (Å²) in [6.45, 7) is 2.85. The standard InChI is InChI=1S/C13H25NO5/c1-16-12(15)6-7-14(10-13(17-2)18-3)9-11-5-4-8-19-11/h11,13H,4-10H2,1-3H3. The minimum Gasteiger partial charge on any atom is -0.469 e. The minimum absolute atomic E-state index is 0.205. The highest BCUT2D eigenvalue weighted by Crippen LogP contribution is 2.14. The first-order chi connectivity index (χ1) is 9.19. The predicted molar refractivity (Wildman–Crippen MR) is 69.9 cm³/mol. The normalized spacial score (nSPS) is 19.3. The van der Waals surface area contributed by atoms with Gasteiger partial charge in [0.25, 0.3) is 0 Å². The van der Waals surface area contributed by atoms with Gasteiger partial charge in [0.1, 0.15) is 0 Å². The predicted octanol–water partition coefficient (Wildman–Crippen LogP) is 0.649. The van der Waals surface area contributed by atoms with Gasteiger partial charge in [-0.15, -0.1) is 0 Å². The summed E-state index contributed by atoms with van der Waals surface area (Å²) in [5, 5.41) is 0. The van der Waals surface area contributed by atoms with Crippen molar-refractivity contribution in [3.05, 3.63) is 0 Å². The summed E-state index contributed by atoms with van der Waals surface area (Å²) >= 11 is 0. The number of hydrogen-bond donors (Lipinski definition) is 0. The van der Waals surface area contributed by atoms with Gasteiger partial charge < -0.3 is 18.9 Å². The first kappa shape index (κ1) is 16.4. The lowest BCUT2D eigenvalue weighted by Gasteiger charge is -2.27. The van der Waals surface area contributed by atoms with Gasteiger partial charge >= 0.3 is 5.97 Å². The van der Waals surface area contributed by atoms with Gasteiger partial charge in [-0.1, -0.05) is 0 Å². The van der Waals surface area contributed by atoms with E-state index < -0.39 is 0 Å². The average Bonchev–Trinajstić information content (AvgIpc) is 2.94. The number of hydrogen-bond acceptors (Lipinski definition) is 6. The Labute approximate surface area is 114 Å². The molecule has 1 rings (SSSR count). The van der Waals surface area contributed by atoms with Crippen molar-refractivity contribution in [2.45, 2.75) is 31.7 Å². The molecule has 1 atom stereocenters. The van der Waals surface area contributed by atoms with E-state index in [-0.39, 0.29) is 18.4 Å². The fourth-order valence-corrected chi connectivity index (χ4v) is 2.14. The topological polar surface area (TPSA) is 57.2 Å². The van der Waals surface area contributed by atoms with Crippen LogP contribution < -0.4 is 0 Å². The first-order valence-corrected chi connectivity index (χ1v) is 6.66. The van der Waals surface area contributed by atoms with E-state index in [9.17, 15) is 4.79 Å². The highest BCUT2D eigenvalue weighted by molar-refractivity contribution is 5.69. The summed E-state index contributed by atoms with van der Waals surface area (Å²) in [5.41, 5.74) is 0. The zero-order valence-corrected chi connectivity index (χ0v) is 12.1. The number of ether oxygens (including phenoxy) is 4. The molecule has 0 aromatic carbocycles. The monoisotopic (exact) mass is 275 g/mol. The summed E-state index contributed by atoms with van der Waals surface area (Å²) in [4.78, 5) is 13.4. The summed E-state index contributed by atoms with van der Waals surface area (Å²) in [5.74, 6) is -0.205. The number of rotatable bonds is 9. The second-order valence-electron chi connectivity index (χ2n) is 4.62. The SMILES string of the molecule is COC(=O)CCN(CC1CCCO1)CC(OC)OC. The molecule has 6 nitrogen and oxygen atoms in total. The van der Waals surface area contributed by atoms with Crippen LogP contribution in [-0.4, -0.2) is 70.8 Å². The van der Waals surface area contributed by atoms with E-state index in [2.05, 4.69) is 9.64 Å². The van der Waals surface area contributed by atoms with Crippen LogP contribution in [0, 0.1) is 0 Å². The van der Waals surface area contributed by atoms with Crippen LogP contribution in [0.25, 0.3) is 0 Å². The number of methoxy groups -OCH3 is 3. The zero-order chi connectivity index (χ0) is 14.1. The van der Waals surface area contributed by atoms with Gasteiger partial charge in [0.05, 0.1) is 19.6 Å². The molecule has 0 amide bonds. The first-order valence-electron chi connectivity index (χ1n) is 6.66. The molecule has 112 valence electrons. The average molecular weight is 275 g/mol. The highest BCUT2D eigenvalue weighted by Gasteiger charge is 2.22. The smallest absolute Gasteiger partial charge is 0.306 e. The number of esters is 1. The third kappa shape index (κ3) is 6.33. The Kier molecular flexibility index (Phi) is 7.97. The molecule has 1 aliphatic heterocycles. The molecule has 0 spiro atoms. The van der Waals surface area contributed by atoms with E-state index in [1.54, 1.807) is 14.2 Å². The molecule has 0 aromatic rings. The highest BCUT2D eigenvalue weighted by atomic mass is 16.7. The maximum absolute atomic E-state index is 11.2. The Morgan fingerprint density at radius 2 is 2.11 bits per heavy atom. The van der Waals surface area contributed by atoms with Crippen molar-refractivity contribution < 1.29 is 23.7 Å². The summed E-state index contributed by atoms with van der Waals surface area (Å²) in [6, 6.07) is 0. The third-order valence-corrected chi connectivity index (χ3v) is 3.28. The molecule has 1 aliphatic rings. The van der Waals surface area contributed by atoms with E-state index in [1.165, 1.54) is 7.11 Å². The Morgan fingerprint density at radius 3 is 2.63 bits per heavy atom. The van der Waals surface area contributed by atoms with Crippen molar-refractivity contribution >= 4 is 5.97 Å². The second-order valence-corrected chi connectivity index (χ2v) is 4.62. The molecule has 1 heterocycles. The Bertz CT molecular complexity index is 247. The summed E-state index contributed by atoms with van der Waals surface area (Å²) in [7, 11) is 4.62. The molecule has 0 saturated carbocycles. The third-order valence-electron chi connectivity index (χ3n) is 3.28. The van der Waals surface area contributed by atoms with Gasteiger partial charge in [-0.25, -0.2) is 0 Å². The number of carbonyl (C=O) groups is 1. The van der Waals surface area contributed by atoms with Gasteiger partial charge in [-0.2, -0.15) is 0 Å². The lowest BCUT2D eigenvalue weighted by atomic mass is 10.2. The number of carbonyl (C=O) groups excluding carboxylic acids is 1. The molecule has 1 fully saturated rings. The minimum atomic E-state index is -0.293. The van der Waals surface area contributed by atoms with E-state index in [0.717, 1.165) is 26.0 Å². The van der Waals surface area contributed by atoms with Gasteiger partial charge in [0, 0.05) is 40.5 Å². The van der Waals surface area contributed by atoms with E-state index in [1.807, 2.05) is 0 Å². The number of nitrogens with zero attached hydrogens (tertiary/aromatic N) is 1. The maximum atomic E-state index is 11.2. The quantitative estimate of drug-likeness (QED) is 0.455. The van der Waals surface area contributed by atoms with Gasteiger partial charge in [0.2, 0.25) is 0 Å². The van der Waals surface area contributed by atoms with Crippen molar-refractivity contribution in [2.75, 3.05) is 47.6 Å². The van der Waals surface area contributed by atoms with E-state index in [4.69, 9.17) is 14.2 Å². The van der Waals surface area contributed by atoms with Crippen LogP contribution in [0.15, 0.2) is 0 Å². The van der Waals surface area contributed by atoms with Crippen LogP contribution in [0.4, 0.5) is 0 Å². The molecule has 0 N–H and O–H groups in total. The fourth-order valence-electron chi connectivity index (χ4n) is 2.14. The lowest BCUT2D eigenvalue weighted by molar-refractivity contribution is -0.142. The molecule has 19 heavy (non-hydrogen) atoms. The van der Waals surface area contributed by atoms with E-state index >= 15 is 0 Å². The van der Waals surface area contributed by atoms with Crippen molar-refractivity contribution in [3.63, 3.8) is 0 Å². The van der Waals surface area contributed by atoms with Crippen LogP contribution in [0.3, 0.4) is 0 Å². The van der Waals surface area contributed by atoms with Gasteiger partial charge in [-0.05, 0) is 12.8 Å². The lowest BCUT2D eigenvalue weighted by Crippen LogP contribution is -2.40. The molecule has 6 heteroatoms. The molecular formula is C13H25NO5. The Hall–Kier alpha value is -0.690. The molecule has 0 aromatic heterocycles. The summed E-state index contributed by atoms with van der Waals surface area (Å²) < 4.78 is 20.7. The van der Waals surface area contributed by atoms with Crippen molar-refractivity contribution in [3.8, 4) is 0 Å². The van der Waals surface area contributed by atoms with E-state index in [0.29, 0.717) is 19.5 Å².